The van der Waals surface area contributed by atoms with Crippen LogP contribution in [0.25, 0.3) is 11.0 Å². The smallest absolute Gasteiger partial charge is 0.252 e. The predicted octanol–water partition coefficient (Wildman–Crippen LogP) is 4.37. The Hall–Kier alpha value is -2.11. The van der Waals surface area contributed by atoms with Crippen molar-refractivity contribution in [3.8, 4) is 0 Å². The number of halogens is 3. The van der Waals surface area contributed by atoms with Gasteiger partial charge >= 0.3 is 0 Å². The zero-order chi connectivity index (χ0) is 17.1. The van der Waals surface area contributed by atoms with Crippen LogP contribution < -0.4 is 5.32 Å². The Kier molecular flexibility index (Phi) is 5.02. The van der Waals surface area contributed by atoms with Gasteiger partial charge < -0.3 is 10.3 Å². The van der Waals surface area contributed by atoms with Crippen molar-refractivity contribution >= 4 is 40.1 Å². The Bertz CT molecular complexity index is 862. The Balaban J connectivity index is 1.54. The molecule has 1 amide bonds. The molecule has 0 saturated heterocycles. The third-order valence-electron chi connectivity index (χ3n) is 3.57. The first-order chi connectivity index (χ1) is 11.5. The number of hydrogen-bond donors (Lipinski definition) is 2. The van der Waals surface area contributed by atoms with Crippen molar-refractivity contribution in [2.45, 2.75) is 12.8 Å². The molecule has 0 atom stereocenters. The highest BCUT2D eigenvalue weighted by atomic mass is 35.5. The van der Waals surface area contributed by atoms with Crippen LogP contribution in [0.3, 0.4) is 0 Å². The van der Waals surface area contributed by atoms with Crippen molar-refractivity contribution in [2.75, 3.05) is 6.54 Å². The topological polar surface area (TPSA) is 57.8 Å². The van der Waals surface area contributed by atoms with Gasteiger partial charge in [0.05, 0.1) is 26.6 Å². The summed E-state index contributed by atoms with van der Waals surface area (Å²) in [6.07, 6.45) is 1.39. The molecular formula is C17H14Cl2FN3O. The number of aryl methyl sites for hydroxylation is 1. The summed E-state index contributed by atoms with van der Waals surface area (Å²) in [7, 11) is 0. The van der Waals surface area contributed by atoms with Crippen LogP contribution in [0.4, 0.5) is 4.39 Å². The summed E-state index contributed by atoms with van der Waals surface area (Å²) in [5, 5.41) is 2.73. The van der Waals surface area contributed by atoms with E-state index in [1.165, 1.54) is 6.07 Å². The number of benzene rings is 2. The fraction of sp³-hybridized carbons (Fsp3) is 0.176. The maximum Gasteiger partial charge on any atom is 0.252 e. The van der Waals surface area contributed by atoms with Crippen LogP contribution in [-0.2, 0) is 6.42 Å². The lowest BCUT2D eigenvalue weighted by Gasteiger charge is -2.07. The van der Waals surface area contributed by atoms with Crippen LogP contribution in [-0.4, -0.2) is 22.4 Å². The third kappa shape index (κ3) is 3.68. The molecule has 0 aliphatic rings. The number of rotatable bonds is 5. The number of para-hydroxylation sites is 2. The second-order valence-electron chi connectivity index (χ2n) is 5.31. The van der Waals surface area contributed by atoms with E-state index in [0.717, 1.165) is 22.9 Å². The van der Waals surface area contributed by atoms with E-state index in [1.54, 1.807) is 0 Å². The molecule has 3 aromatic rings. The normalized spacial score (nSPS) is 11.0. The van der Waals surface area contributed by atoms with E-state index >= 15 is 0 Å². The van der Waals surface area contributed by atoms with E-state index in [9.17, 15) is 9.18 Å². The van der Waals surface area contributed by atoms with Gasteiger partial charge in [0.25, 0.3) is 5.91 Å². The number of hydrogen-bond acceptors (Lipinski definition) is 2. The molecule has 0 saturated carbocycles. The van der Waals surface area contributed by atoms with Crippen LogP contribution in [0.1, 0.15) is 22.6 Å². The van der Waals surface area contributed by atoms with Crippen molar-refractivity contribution in [2.24, 2.45) is 0 Å². The SMILES string of the molecule is O=C(NCCCc1nc2ccccc2[nH]1)c1cc(F)c(Cl)cc1Cl. The minimum absolute atomic E-state index is 0.0716. The number of aromatic amines is 1. The van der Waals surface area contributed by atoms with Crippen LogP contribution in [0, 0.1) is 5.82 Å². The van der Waals surface area contributed by atoms with Gasteiger partial charge in [-0.25, -0.2) is 9.37 Å². The number of amides is 1. The molecular weight excluding hydrogens is 352 g/mol. The number of nitrogens with zero attached hydrogens (tertiary/aromatic N) is 1. The fourth-order valence-electron chi connectivity index (χ4n) is 2.37. The van der Waals surface area contributed by atoms with E-state index in [0.29, 0.717) is 19.4 Å². The highest BCUT2D eigenvalue weighted by Gasteiger charge is 2.13. The van der Waals surface area contributed by atoms with E-state index in [2.05, 4.69) is 15.3 Å². The minimum atomic E-state index is -0.673. The summed E-state index contributed by atoms with van der Waals surface area (Å²) in [5.74, 6) is -0.241. The van der Waals surface area contributed by atoms with Crippen molar-refractivity contribution in [1.82, 2.24) is 15.3 Å². The average Bonchev–Trinajstić information content (AvgIpc) is 2.97. The lowest BCUT2D eigenvalue weighted by molar-refractivity contribution is 0.0953. The predicted molar refractivity (Wildman–Crippen MR) is 93.2 cm³/mol. The second-order valence-corrected chi connectivity index (χ2v) is 6.12. The average molecular weight is 366 g/mol. The van der Waals surface area contributed by atoms with Gasteiger partial charge in [-0.05, 0) is 30.7 Å². The lowest BCUT2D eigenvalue weighted by atomic mass is 10.2. The highest BCUT2D eigenvalue weighted by Crippen LogP contribution is 2.24. The lowest BCUT2D eigenvalue weighted by Crippen LogP contribution is -2.25. The second kappa shape index (κ2) is 7.20. The quantitative estimate of drug-likeness (QED) is 0.520. The first-order valence-corrected chi connectivity index (χ1v) is 8.16. The molecule has 0 unspecified atom stereocenters. The molecule has 1 heterocycles. The Morgan fingerprint density at radius 2 is 2.00 bits per heavy atom. The molecule has 0 bridgehead atoms. The summed E-state index contributed by atoms with van der Waals surface area (Å²) in [4.78, 5) is 19.8. The van der Waals surface area contributed by atoms with Crippen molar-refractivity contribution in [3.63, 3.8) is 0 Å². The van der Waals surface area contributed by atoms with E-state index < -0.39 is 11.7 Å². The molecule has 0 radical (unpaired) electrons. The Morgan fingerprint density at radius 3 is 2.79 bits per heavy atom. The van der Waals surface area contributed by atoms with Crippen LogP contribution in [0.5, 0.6) is 0 Å². The van der Waals surface area contributed by atoms with E-state index in [4.69, 9.17) is 23.2 Å². The monoisotopic (exact) mass is 365 g/mol. The number of fused-ring (bicyclic) bond motifs is 1. The number of H-pyrrole nitrogens is 1. The molecule has 0 spiro atoms. The molecule has 0 aliphatic heterocycles. The molecule has 3 rings (SSSR count). The molecule has 0 fully saturated rings. The maximum absolute atomic E-state index is 13.4. The highest BCUT2D eigenvalue weighted by molar-refractivity contribution is 6.36. The fourth-order valence-corrected chi connectivity index (χ4v) is 2.84. The van der Waals surface area contributed by atoms with Crippen molar-refractivity contribution in [1.29, 1.82) is 0 Å². The van der Waals surface area contributed by atoms with Crippen LogP contribution >= 0.6 is 23.2 Å². The Morgan fingerprint density at radius 1 is 1.21 bits per heavy atom. The molecule has 2 aromatic carbocycles. The number of carbonyl (C=O) groups is 1. The van der Waals surface area contributed by atoms with Crippen molar-refractivity contribution < 1.29 is 9.18 Å². The van der Waals surface area contributed by atoms with E-state index in [1.807, 2.05) is 24.3 Å². The van der Waals surface area contributed by atoms with Gasteiger partial charge in [0.1, 0.15) is 11.6 Å². The van der Waals surface area contributed by atoms with Gasteiger partial charge in [-0.15, -0.1) is 0 Å². The van der Waals surface area contributed by atoms with Gasteiger partial charge in [0.15, 0.2) is 0 Å². The van der Waals surface area contributed by atoms with Gasteiger partial charge in [-0.1, -0.05) is 35.3 Å². The molecule has 7 heteroatoms. The van der Waals surface area contributed by atoms with Gasteiger partial charge in [-0.3, -0.25) is 4.79 Å². The summed E-state index contributed by atoms with van der Waals surface area (Å²) < 4.78 is 13.4. The number of imidazole rings is 1. The summed E-state index contributed by atoms with van der Waals surface area (Å²) in [6, 6.07) is 10.0. The number of carbonyl (C=O) groups excluding carboxylic acids is 1. The number of aromatic nitrogens is 2. The molecule has 0 aliphatic carbocycles. The molecule has 4 nitrogen and oxygen atoms in total. The first-order valence-electron chi connectivity index (χ1n) is 7.41. The van der Waals surface area contributed by atoms with Gasteiger partial charge in [0.2, 0.25) is 0 Å². The standard InChI is InChI=1S/C17H14Cl2FN3O/c18-11-9-12(19)13(20)8-10(11)17(24)21-7-3-6-16-22-14-4-1-2-5-15(14)23-16/h1-2,4-5,8-9H,3,6-7H2,(H,21,24)(H,22,23). The Labute approximate surface area is 148 Å². The van der Waals surface area contributed by atoms with Gasteiger partial charge in [-0.2, -0.15) is 0 Å². The number of nitrogens with one attached hydrogen (secondary N) is 2. The van der Waals surface area contributed by atoms with E-state index in [-0.39, 0.29) is 15.6 Å². The van der Waals surface area contributed by atoms with Crippen LogP contribution in [0.15, 0.2) is 36.4 Å². The third-order valence-corrected chi connectivity index (χ3v) is 4.17. The molecule has 2 N–H and O–H groups in total. The molecule has 124 valence electrons. The van der Waals surface area contributed by atoms with Crippen LogP contribution in [0.2, 0.25) is 10.0 Å². The maximum atomic E-state index is 13.4. The largest absolute Gasteiger partial charge is 0.352 e. The summed E-state index contributed by atoms with van der Waals surface area (Å²) in [6.45, 7) is 0.427. The van der Waals surface area contributed by atoms with Gasteiger partial charge in [0, 0.05) is 13.0 Å². The minimum Gasteiger partial charge on any atom is -0.352 e. The molecule has 24 heavy (non-hydrogen) atoms. The summed E-state index contributed by atoms with van der Waals surface area (Å²) in [5.41, 5.74) is 1.97. The summed E-state index contributed by atoms with van der Waals surface area (Å²) >= 11 is 11.5. The van der Waals surface area contributed by atoms with Crippen molar-refractivity contribution in [3.05, 3.63) is 63.6 Å². The first kappa shape index (κ1) is 16.7. The zero-order valence-corrected chi connectivity index (χ0v) is 14.1. The zero-order valence-electron chi connectivity index (χ0n) is 12.6. The molecule has 1 aromatic heterocycles.